The first-order valence-corrected chi connectivity index (χ1v) is 10.2. The summed E-state index contributed by atoms with van der Waals surface area (Å²) >= 11 is 1.66. The van der Waals surface area contributed by atoms with Crippen molar-refractivity contribution in [2.24, 2.45) is 5.92 Å². The highest BCUT2D eigenvalue weighted by Gasteiger charge is 2.43. The minimum Gasteiger partial charge on any atom is -0.497 e. The van der Waals surface area contributed by atoms with Gasteiger partial charge in [0.15, 0.2) is 0 Å². The zero-order valence-electron chi connectivity index (χ0n) is 15.9. The van der Waals surface area contributed by atoms with E-state index in [0.29, 0.717) is 0 Å². The fourth-order valence-corrected chi connectivity index (χ4v) is 4.91. The second-order valence-electron chi connectivity index (χ2n) is 7.39. The Morgan fingerprint density at radius 1 is 1.23 bits per heavy atom. The summed E-state index contributed by atoms with van der Waals surface area (Å²) in [7, 11) is 5.86. The number of methoxy groups -OCH3 is 1. The fraction of sp³-hybridized carbons (Fsp3) is 0.455. The molecule has 1 N–H and O–H groups in total. The second-order valence-corrected chi connectivity index (χ2v) is 8.34. The van der Waals surface area contributed by atoms with Crippen molar-refractivity contribution < 1.29 is 9.84 Å². The van der Waals surface area contributed by atoms with Crippen molar-refractivity contribution in [2.75, 3.05) is 27.7 Å². The van der Waals surface area contributed by atoms with Crippen LogP contribution in [-0.2, 0) is 5.60 Å². The Bertz CT molecular complexity index is 721. The molecule has 2 aromatic rings. The normalized spacial score (nSPS) is 25.4. The quantitative estimate of drug-likeness (QED) is 0.768. The van der Waals surface area contributed by atoms with E-state index in [1.807, 2.05) is 18.2 Å². The van der Waals surface area contributed by atoms with Crippen molar-refractivity contribution in [3.63, 3.8) is 0 Å². The van der Waals surface area contributed by atoms with Gasteiger partial charge in [0.2, 0.25) is 0 Å². The maximum Gasteiger partial charge on any atom is 0.124 e. The molecule has 1 aliphatic carbocycles. The zero-order chi connectivity index (χ0) is 18.6. The van der Waals surface area contributed by atoms with Crippen molar-refractivity contribution in [1.29, 1.82) is 0 Å². The van der Waals surface area contributed by atoms with Crippen molar-refractivity contribution >= 4 is 17.4 Å². The molecule has 1 saturated carbocycles. The van der Waals surface area contributed by atoms with Gasteiger partial charge in [-0.2, -0.15) is 0 Å². The lowest BCUT2D eigenvalue weighted by atomic mass is 9.77. The molecule has 0 spiro atoms. The molecule has 1 aliphatic rings. The molecule has 0 aliphatic heterocycles. The number of hydrogen-bond donors (Lipinski definition) is 1. The Hall–Kier alpha value is -1.62. The van der Waals surface area contributed by atoms with Crippen molar-refractivity contribution in [1.82, 2.24) is 4.90 Å². The maximum absolute atomic E-state index is 12.0. The number of benzene rings is 1. The molecule has 2 atom stereocenters. The van der Waals surface area contributed by atoms with E-state index in [1.54, 1.807) is 18.4 Å². The van der Waals surface area contributed by atoms with Crippen LogP contribution in [0.25, 0.3) is 6.08 Å². The smallest absolute Gasteiger partial charge is 0.124 e. The summed E-state index contributed by atoms with van der Waals surface area (Å²) in [5, 5.41) is 14.1. The number of nitrogens with zero attached hydrogens (tertiary/aromatic N) is 1. The van der Waals surface area contributed by atoms with Crippen LogP contribution < -0.4 is 4.74 Å². The predicted molar refractivity (Wildman–Crippen MR) is 110 cm³/mol. The highest BCUT2D eigenvalue weighted by molar-refractivity contribution is 7.10. The van der Waals surface area contributed by atoms with E-state index in [-0.39, 0.29) is 5.92 Å². The van der Waals surface area contributed by atoms with Gasteiger partial charge in [-0.1, -0.05) is 30.7 Å². The summed E-state index contributed by atoms with van der Waals surface area (Å²) in [5.41, 5.74) is 1.35. The highest BCUT2D eigenvalue weighted by atomic mass is 32.1. The summed E-state index contributed by atoms with van der Waals surface area (Å²) < 4.78 is 5.27. The minimum absolute atomic E-state index is 0.197. The molecular formula is C22H29NO2S. The molecule has 26 heavy (non-hydrogen) atoms. The Kier molecular flexibility index (Phi) is 6.17. The molecule has 1 fully saturated rings. The third-order valence-electron chi connectivity index (χ3n) is 5.27. The molecule has 0 radical (unpaired) electrons. The lowest BCUT2D eigenvalue weighted by Gasteiger charge is -2.38. The molecule has 0 saturated heterocycles. The van der Waals surface area contributed by atoms with Crippen LogP contribution in [0, 0.1) is 5.92 Å². The SMILES string of the molecule is COc1ccc(C=C2CCCCC(CN(C)C)C2(O)c2cccs2)cc1. The van der Waals surface area contributed by atoms with E-state index in [1.165, 1.54) is 0 Å². The maximum atomic E-state index is 12.0. The molecule has 1 aromatic heterocycles. The molecule has 140 valence electrons. The van der Waals surface area contributed by atoms with Gasteiger partial charge in [0.1, 0.15) is 11.4 Å². The summed E-state index contributed by atoms with van der Waals surface area (Å²) in [6.45, 7) is 0.883. The van der Waals surface area contributed by atoms with Gasteiger partial charge in [-0.25, -0.2) is 0 Å². The van der Waals surface area contributed by atoms with Gasteiger partial charge in [-0.15, -0.1) is 11.3 Å². The third kappa shape index (κ3) is 4.03. The average Bonchev–Trinajstić information content (AvgIpc) is 3.13. The lowest BCUT2D eigenvalue weighted by Crippen LogP contribution is -2.41. The number of rotatable bonds is 5. The first kappa shape index (κ1) is 19.2. The summed E-state index contributed by atoms with van der Waals surface area (Å²) in [6.07, 6.45) is 6.45. The highest BCUT2D eigenvalue weighted by Crippen LogP contribution is 2.46. The van der Waals surface area contributed by atoms with Crippen LogP contribution in [-0.4, -0.2) is 37.8 Å². The molecule has 2 unspecified atom stereocenters. The van der Waals surface area contributed by atoms with Crippen molar-refractivity contribution in [3.8, 4) is 5.75 Å². The van der Waals surface area contributed by atoms with Crippen LogP contribution in [0.3, 0.4) is 0 Å². The molecule has 4 heteroatoms. The summed E-state index contributed by atoms with van der Waals surface area (Å²) in [6, 6.07) is 12.2. The van der Waals surface area contributed by atoms with E-state index in [2.05, 4.69) is 48.7 Å². The topological polar surface area (TPSA) is 32.7 Å². The van der Waals surface area contributed by atoms with Gasteiger partial charge in [0.25, 0.3) is 0 Å². The molecule has 0 bridgehead atoms. The standard InChI is InChI=1S/C22H29NO2S/c1-23(2)16-19-8-5-4-7-18(22(19,24)21-9-6-14-26-21)15-17-10-12-20(25-3)13-11-17/h6,9-15,19,24H,4-5,7-8,16H2,1-3H3. The number of thiophene rings is 1. The van der Waals surface area contributed by atoms with Gasteiger partial charge in [-0.3, -0.25) is 0 Å². The Morgan fingerprint density at radius 3 is 2.62 bits per heavy atom. The average molecular weight is 372 g/mol. The van der Waals surface area contributed by atoms with E-state index >= 15 is 0 Å². The molecule has 3 rings (SSSR count). The minimum atomic E-state index is -0.894. The summed E-state index contributed by atoms with van der Waals surface area (Å²) in [5.74, 6) is 1.05. The van der Waals surface area contributed by atoms with Crippen LogP contribution in [0.2, 0.25) is 0 Å². The van der Waals surface area contributed by atoms with Crippen molar-refractivity contribution in [2.45, 2.75) is 31.3 Å². The van der Waals surface area contributed by atoms with Crippen molar-refractivity contribution in [3.05, 3.63) is 57.8 Å². The van der Waals surface area contributed by atoms with E-state index in [4.69, 9.17) is 4.74 Å². The Labute approximate surface area is 160 Å². The van der Waals surface area contributed by atoms with Gasteiger partial charge in [0, 0.05) is 17.3 Å². The zero-order valence-corrected chi connectivity index (χ0v) is 16.8. The van der Waals surface area contributed by atoms with Gasteiger partial charge in [-0.05, 0) is 68.1 Å². The first-order chi connectivity index (χ1) is 12.5. The Morgan fingerprint density at radius 2 is 2.00 bits per heavy atom. The molecule has 3 nitrogen and oxygen atoms in total. The van der Waals surface area contributed by atoms with Gasteiger partial charge >= 0.3 is 0 Å². The number of ether oxygens (including phenoxy) is 1. The van der Waals surface area contributed by atoms with Crippen LogP contribution in [0.1, 0.15) is 36.1 Å². The molecule has 0 amide bonds. The van der Waals surface area contributed by atoms with E-state index in [0.717, 1.165) is 54.0 Å². The fourth-order valence-electron chi connectivity index (χ4n) is 3.97. The number of aliphatic hydroxyl groups is 1. The van der Waals surface area contributed by atoms with E-state index in [9.17, 15) is 5.11 Å². The van der Waals surface area contributed by atoms with Gasteiger partial charge < -0.3 is 14.7 Å². The second kappa shape index (κ2) is 8.38. The first-order valence-electron chi connectivity index (χ1n) is 9.30. The van der Waals surface area contributed by atoms with Gasteiger partial charge in [0.05, 0.1) is 7.11 Å². The molecule has 1 heterocycles. The summed E-state index contributed by atoms with van der Waals surface area (Å²) in [4.78, 5) is 3.26. The van der Waals surface area contributed by atoms with Crippen LogP contribution in [0.15, 0.2) is 47.4 Å². The third-order valence-corrected chi connectivity index (χ3v) is 6.26. The van der Waals surface area contributed by atoms with Crippen LogP contribution in [0.4, 0.5) is 0 Å². The largest absolute Gasteiger partial charge is 0.497 e. The molecular weight excluding hydrogens is 342 g/mol. The lowest BCUT2D eigenvalue weighted by molar-refractivity contribution is 0.00369. The predicted octanol–water partition coefficient (Wildman–Crippen LogP) is 4.78. The Balaban J connectivity index is 2.05. The number of hydrogen-bond acceptors (Lipinski definition) is 4. The van der Waals surface area contributed by atoms with Crippen LogP contribution in [0.5, 0.6) is 5.75 Å². The monoisotopic (exact) mass is 371 g/mol. The van der Waals surface area contributed by atoms with Crippen LogP contribution >= 0.6 is 11.3 Å². The van der Waals surface area contributed by atoms with E-state index < -0.39 is 5.60 Å². The molecule has 1 aromatic carbocycles.